The second-order valence-corrected chi connectivity index (χ2v) is 5.21. The molecule has 0 spiro atoms. The van der Waals surface area contributed by atoms with Crippen LogP contribution >= 0.6 is 11.3 Å². The molecule has 18 heavy (non-hydrogen) atoms. The molecule has 92 valence electrons. The molecule has 0 bridgehead atoms. The largest absolute Gasteiger partial charge is 0.305 e. The Labute approximate surface area is 110 Å². The lowest BCUT2D eigenvalue weighted by atomic mass is 10.1. The Morgan fingerprint density at radius 3 is 2.94 bits per heavy atom. The van der Waals surface area contributed by atoms with Crippen LogP contribution in [0.3, 0.4) is 0 Å². The van der Waals surface area contributed by atoms with E-state index in [1.54, 1.807) is 11.3 Å². The summed E-state index contributed by atoms with van der Waals surface area (Å²) in [7, 11) is 0. The summed E-state index contributed by atoms with van der Waals surface area (Å²) in [4.78, 5) is 5.61. The lowest BCUT2D eigenvalue weighted by Gasteiger charge is -2.12. The van der Waals surface area contributed by atoms with E-state index in [1.165, 1.54) is 5.56 Å². The van der Waals surface area contributed by atoms with Crippen molar-refractivity contribution in [2.75, 3.05) is 0 Å². The summed E-state index contributed by atoms with van der Waals surface area (Å²) in [6.07, 6.45) is 4.12. The molecule has 2 aromatic heterocycles. The molecule has 1 aromatic carbocycles. The highest BCUT2D eigenvalue weighted by molar-refractivity contribution is 7.15. The predicted octanol–water partition coefficient (Wildman–Crippen LogP) is 3.25. The Morgan fingerprint density at radius 2 is 2.17 bits per heavy atom. The van der Waals surface area contributed by atoms with Gasteiger partial charge in [0.25, 0.3) is 0 Å². The minimum Gasteiger partial charge on any atom is -0.305 e. The van der Waals surface area contributed by atoms with E-state index in [9.17, 15) is 0 Å². The fourth-order valence-corrected chi connectivity index (χ4v) is 2.70. The van der Waals surface area contributed by atoms with Gasteiger partial charge in [-0.3, -0.25) is 4.40 Å². The van der Waals surface area contributed by atoms with Gasteiger partial charge in [-0.05, 0) is 12.5 Å². The number of nitrogens with one attached hydrogen (secondary N) is 1. The molecule has 3 aromatic rings. The minimum atomic E-state index is 0.339. The number of aromatic nitrogens is 2. The molecule has 2 heterocycles. The average Bonchev–Trinajstić information content (AvgIpc) is 2.97. The van der Waals surface area contributed by atoms with Crippen molar-refractivity contribution in [2.45, 2.75) is 19.5 Å². The zero-order valence-corrected chi connectivity index (χ0v) is 11.0. The Hall–Kier alpha value is -1.65. The summed E-state index contributed by atoms with van der Waals surface area (Å²) < 4.78 is 2.06. The Balaban J connectivity index is 1.66. The van der Waals surface area contributed by atoms with Crippen LogP contribution in [0.2, 0.25) is 0 Å². The molecule has 0 saturated carbocycles. The van der Waals surface area contributed by atoms with Crippen molar-refractivity contribution >= 4 is 16.3 Å². The molecular formula is C14H15N3S. The molecule has 0 saturated heterocycles. The van der Waals surface area contributed by atoms with E-state index in [-0.39, 0.29) is 0 Å². The van der Waals surface area contributed by atoms with Gasteiger partial charge in [0.05, 0.1) is 5.69 Å². The Morgan fingerprint density at radius 1 is 1.33 bits per heavy atom. The van der Waals surface area contributed by atoms with Crippen molar-refractivity contribution in [3.8, 4) is 0 Å². The van der Waals surface area contributed by atoms with E-state index in [0.717, 1.165) is 17.2 Å². The summed E-state index contributed by atoms with van der Waals surface area (Å²) in [5.41, 5.74) is 2.39. The third-order valence-electron chi connectivity index (χ3n) is 3.03. The van der Waals surface area contributed by atoms with Crippen LogP contribution in [0, 0.1) is 0 Å². The van der Waals surface area contributed by atoms with Crippen LogP contribution in [0.5, 0.6) is 0 Å². The van der Waals surface area contributed by atoms with Gasteiger partial charge in [0.15, 0.2) is 4.96 Å². The first-order valence-electron chi connectivity index (χ1n) is 6.02. The van der Waals surface area contributed by atoms with Crippen molar-refractivity contribution in [2.24, 2.45) is 0 Å². The molecular weight excluding hydrogens is 242 g/mol. The van der Waals surface area contributed by atoms with Gasteiger partial charge >= 0.3 is 0 Å². The van der Waals surface area contributed by atoms with Gasteiger partial charge in [-0.1, -0.05) is 30.3 Å². The van der Waals surface area contributed by atoms with Crippen molar-refractivity contribution in [3.63, 3.8) is 0 Å². The summed E-state index contributed by atoms with van der Waals surface area (Å²) in [5, 5.41) is 5.54. The monoisotopic (exact) mass is 257 g/mol. The van der Waals surface area contributed by atoms with Gasteiger partial charge in [-0.15, -0.1) is 11.3 Å². The fourth-order valence-electron chi connectivity index (χ4n) is 1.98. The maximum atomic E-state index is 4.56. The number of benzene rings is 1. The van der Waals surface area contributed by atoms with E-state index >= 15 is 0 Å². The SMILES string of the molecule is C[C@@H](NCc1cn2ccsc2n1)c1ccccc1. The van der Waals surface area contributed by atoms with Crippen molar-refractivity contribution < 1.29 is 0 Å². The molecule has 3 nitrogen and oxygen atoms in total. The van der Waals surface area contributed by atoms with E-state index in [4.69, 9.17) is 0 Å². The number of rotatable bonds is 4. The zero-order valence-electron chi connectivity index (χ0n) is 10.2. The molecule has 4 heteroatoms. The minimum absolute atomic E-state index is 0.339. The van der Waals surface area contributed by atoms with Crippen LogP contribution in [0.15, 0.2) is 48.1 Å². The summed E-state index contributed by atoms with van der Waals surface area (Å²) in [6.45, 7) is 2.97. The van der Waals surface area contributed by atoms with Crippen molar-refractivity contribution in [1.82, 2.24) is 14.7 Å². The van der Waals surface area contributed by atoms with Crippen LogP contribution in [0.1, 0.15) is 24.2 Å². The number of imidazole rings is 1. The molecule has 0 amide bonds. The highest BCUT2D eigenvalue weighted by Crippen LogP contribution is 2.14. The molecule has 0 aliphatic carbocycles. The molecule has 0 unspecified atom stereocenters. The van der Waals surface area contributed by atoms with Crippen LogP contribution in [0.4, 0.5) is 0 Å². The quantitative estimate of drug-likeness (QED) is 0.777. The highest BCUT2D eigenvalue weighted by Gasteiger charge is 2.06. The number of hydrogen-bond donors (Lipinski definition) is 1. The molecule has 0 fully saturated rings. The van der Waals surface area contributed by atoms with Crippen molar-refractivity contribution in [1.29, 1.82) is 0 Å². The Kier molecular flexibility index (Phi) is 3.13. The van der Waals surface area contributed by atoms with Crippen LogP contribution in [-0.4, -0.2) is 9.38 Å². The maximum absolute atomic E-state index is 4.56. The number of thiazole rings is 1. The molecule has 3 rings (SSSR count). The third kappa shape index (κ3) is 2.30. The predicted molar refractivity (Wildman–Crippen MR) is 74.8 cm³/mol. The second-order valence-electron chi connectivity index (χ2n) is 4.34. The number of fused-ring (bicyclic) bond motifs is 1. The first-order valence-corrected chi connectivity index (χ1v) is 6.90. The van der Waals surface area contributed by atoms with Gasteiger partial charge in [0, 0.05) is 30.4 Å². The van der Waals surface area contributed by atoms with Crippen LogP contribution in [0.25, 0.3) is 4.96 Å². The first-order chi connectivity index (χ1) is 8.83. The molecule has 0 radical (unpaired) electrons. The van der Waals surface area contributed by atoms with Crippen LogP contribution in [-0.2, 0) is 6.54 Å². The summed E-state index contributed by atoms with van der Waals surface area (Å²) >= 11 is 1.66. The molecule has 0 aliphatic heterocycles. The second kappa shape index (κ2) is 4.92. The fraction of sp³-hybridized carbons (Fsp3) is 0.214. The molecule has 1 atom stereocenters. The highest BCUT2D eigenvalue weighted by atomic mass is 32.1. The molecule has 1 N–H and O–H groups in total. The van der Waals surface area contributed by atoms with Crippen LogP contribution < -0.4 is 5.32 Å². The maximum Gasteiger partial charge on any atom is 0.193 e. The number of hydrogen-bond acceptors (Lipinski definition) is 3. The zero-order chi connectivity index (χ0) is 12.4. The Bertz CT molecular complexity index is 598. The van der Waals surface area contributed by atoms with E-state index < -0.39 is 0 Å². The topological polar surface area (TPSA) is 29.3 Å². The summed E-state index contributed by atoms with van der Waals surface area (Å²) in [6, 6.07) is 10.8. The van der Waals surface area contributed by atoms with E-state index in [1.807, 2.05) is 17.6 Å². The third-order valence-corrected chi connectivity index (χ3v) is 3.80. The smallest absolute Gasteiger partial charge is 0.193 e. The van der Waals surface area contributed by atoms with Gasteiger partial charge in [-0.25, -0.2) is 4.98 Å². The lowest BCUT2D eigenvalue weighted by Crippen LogP contribution is -2.18. The van der Waals surface area contributed by atoms with Gasteiger partial charge in [0.2, 0.25) is 0 Å². The number of nitrogens with zero attached hydrogens (tertiary/aromatic N) is 2. The summed E-state index contributed by atoms with van der Waals surface area (Å²) in [5.74, 6) is 0. The van der Waals surface area contributed by atoms with E-state index in [0.29, 0.717) is 6.04 Å². The van der Waals surface area contributed by atoms with Gasteiger partial charge in [0.1, 0.15) is 0 Å². The average molecular weight is 257 g/mol. The van der Waals surface area contributed by atoms with Gasteiger partial charge in [-0.2, -0.15) is 0 Å². The lowest BCUT2D eigenvalue weighted by molar-refractivity contribution is 0.569. The van der Waals surface area contributed by atoms with Gasteiger partial charge < -0.3 is 5.32 Å². The molecule has 0 aliphatic rings. The van der Waals surface area contributed by atoms with E-state index in [2.05, 4.69) is 52.1 Å². The van der Waals surface area contributed by atoms with Crippen molar-refractivity contribution in [3.05, 3.63) is 59.4 Å². The normalized spacial score (nSPS) is 12.9. The first kappa shape index (κ1) is 11.4. The standard InChI is InChI=1S/C14H15N3S/c1-11(12-5-3-2-4-6-12)15-9-13-10-17-7-8-18-14(17)16-13/h2-8,10-11,15H,9H2,1H3/t11-/m1/s1.